The lowest BCUT2D eigenvalue weighted by Gasteiger charge is -2.39. The molecular formula is C21H31NO2. The summed E-state index contributed by atoms with van der Waals surface area (Å²) in [5.74, 6) is 1.36. The van der Waals surface area contributed by atoms with Gasteiger partial charge in [-0.2, -0.15) is 0 Å². The van der Waals surface area contributed by atoms with Crippen molar-refractivity contribution >= 4 is 5.91 Å². The van der Waals surface area contributed by atoms with Crippen molar-refractivity contribution in [2.75, 3.05) is 19.8 Å². The Hall–Kier alpha value is -1.35. The van der Waals surface area contributed by atoms with Crippen molar-refractivity contribution in [3.05, 3.63) is 35.9 Å². The second-order valence-electron chi connectivity index (χ2n) is 8.09. The summed E-state index contributed by atoms with van der Waals surface area (Å²) in [4.78, 5) is 15.4. The normalized spacial score (nSPS) is 25.9. The molecule has 0 radical (unpaired) electrons. The van der Waals surface area contributed by atoms with E-state index in [9.17, 15) is 4.79 Å². The molecule has 0 spiro atoms. The Morgan fingerprint density at radius 3 is 2.50 bits per heavy atom. The Bertz CT molecular complexity index is 548. The molecule has 2 atom stereocenters. The molecule has 3 nitrogen and oxygen atoms in total. The molecule has 3 rings (SSSR count). The molecule has 1 amide bonds. The van der Waals surface area contributed by atoms with Crippen LogP contribution >= 0.6 is 0 Å². The molecule has 0 N–H and O–H groups in total. The number of rotatable bonds is 4. The maximum Gasteiger partial charge on any atom is 0.228 e. The van der Waals surface area contributed by atoms with Gasteiger partial charge in [-0.15, -0.1) is 0 Å². The number of benzene rings is 1. The lowest BCUT2D eigenvalue weighted by Crippen LogP contribution is -2.48. The fourth-order valence-electron chi connectivity index (χ4n) is 4.44. The molecule has 0 aliphatic carbocycles. The minimum absolute atomic E-state index is 0.278. The summed E-state index contributed by atoms with van der Waals surface area (Å²) in [6, 6.07) is 11.0. The van der Waals surface area contributed by atoms with Gasteiger partial charge in [-0.05, 0) is 50.0 Å². The molecule has 1 aromatic rings. The summed E-state index contributed by atoms with van der Waals surface area (Å²) in [6.45, 7) is 9.02. The van der Waals surface area contributed by atoms with Gasteiger partial charge >= 0.3 is 0 Å². The SMILES string of the molecule is C[C@@H]1[C@@H](Cc2ccccc2)CCN1C(=O)C(C)(C)C1CCOCC1. The van der Waals surface area contributed by atoms with E-state index in [1.807, 2.05) is 0 Å². The molecule has 3 heteroatoms. The van der Waals surface area contributed by atoms with E-state index in [-0.39, 0.29) is 5.41 Å². The van der Waals surface area contributed by atoms with E-state index in [1.54, 1.807) is 0 Å². The molecule has 1 aromatic carbocycles. The molecule has 2 fully saturated rings. The fraction of sp³-hybridized carbons (Fsp3) is 0.667. The molecule has 0 unspecified atom stereocenters. The molecule has 2 aliphatic rings. The average Bonchev–Trinajstić information content (AvgIpc) is 2.96. The Morgan fingerprint density at radius 2 is 1.83 bits per heavy atom. The highest BCUT2D eigenvalue weighted by atomic mass is 16.5. The third-order valence-corrected chi connectivity index (χ3v) is 6.31. The predicted octanol–water partition coefficient (Wildman–Crippen LogP) is 3.92. The fourth-order valence-corrected chi connectivity index (χ4v) is 4.44. The van der Waals surface area contributed by atoms with Crippen LogP contribution in [0.5, 0.6) is 0 Å². The van der Waals surface area contributed by atoms with Crippen molar-refractivity contribution in [1.82, 2.24) is 4.90 Å². The molecule has 0 bridgehead atoms. The van der Waals surface area contributed by atoms with Gasteiger partial charge < -0.3 is 9.64 Å². The summed E-state index contributed by atoms with van der Waals surface area (Å²) in [5, 5.41) is 0. The molecule has 132 valence electrons. The number of likely N-dealkylation sites (tertiary alicyclic amines) is 1. The lowest BCUT2D eigenvalue weighted by atomic mass is 9.73. The summed E-state index contributed by atoms with van der Waals surface area (Å²) in [7, 11) is 0. The molecule has 2 heterocycles. The minimum Gasteiger partial charge on any atom is -0.381 e. The van der Waals surface area contributed by atoms with E-state index in [4.69, 9.17) is 4.74 Å². The van der Waals surface area contributed by atoms with Gasteiger partial charge in [-0.3, -0.25) is 4.79 Å². The predicted molar refractivity (Wildman–Crippen MR) is 96.8 cm³/mol. The van der Waals surface area contributed by atoms with E-state index in [2.05, 4.69) is 56.0 Å². The van der Waals surface area contributed by atoms with Crippen molar-refractivity contribution in [2.45, 2.75) is 52.5 Å². The van der Waals surface area contributed by atoms with Gasteiger partial charge in [0.05, 0.1) is 0 Å². The molecule has 2 aliphatic heterocycles. The van der Waals surface area contributed by atoms with Gasteiger partial charge in [0.25, 0.3) is 0 Å². The van der Waals surface area contributed by atoms with Crippen LogP contribution in [0.3, 0.4) is 0 Å². The topological polar surface area (TPSA) is 29.5 Å². The molecule has 24 heavy (non-hydrogen) atoms. The molecule has 2 saturated heterocycles. The standard InChI is InChI=1S/C21H31NO2/c1-16-18(15-17-7-5-4-6-8-17)9-12-22(16)20(23)21(2,3)19-10-13-24-14-11-19/h4-8,16,18-19H,9-15H2,1-3H3/t16-,18-/m1/s1. The number of hydrogen-bond acceptors (Lipinski definition) is 2. The van der Waals surface area contributed by atoms with E-state index < -0.39 is 0 Å². The Labute approximate surface area is 146 Å². The Kier molecular flexibility index (Phi) is 5.29. The minimum atomic E-state index is -0.278. The molecule has 0 saturated carbocycles. The zero-order valence-electron chi connectivity index (χ0n) is 15.3. The lowest BCUT2D eigenvalue weighted by molar-refractivity contribution is -0.146. The first kappa shape index (κ1) is 17.5. The molecule has 0 aromatic heterocycles. The smallest absolute Gasteiger partial charge is 0.228 e. The number of carbonyl (C=O) groups excluding carboxylic acids is 1. The van der Waals surface area contributed by atoms with Gasteiger partial charge in [-0.25, -0.2) is 0 Å². The zero-order chi connectivity index (χ0) is 17.2. The first-order valence-electron chi connectivity index (χ1n) is 9.43. The summed E-state index contributed by atoms with van der Waals surface area (Å²) in [6.07, 6.45) is 4.21. The highest BCUT2D eigenvalue weighted by Gasteiger charge is 2.44. The van der Waals surface area contributed by atoms with Crippen LogP contribution in [-0.2, 0) is 16.0 Å². The van der Waals surface area contributed by atoms with Crippen LogP contribution in [0.25, 0.3) is 0 Å². The largest absolute Gasteiger partial charge is 0.381 e. The van der Waals surface area contributed by atoms with Crippen LogP contribution in [0.4, 0.5) is 0 Å². The highest BCUT2D eigenvalue weighted by molar-refractivity contribution is 5.83. The monoisotopic (exact) mass is 329 g/mol. The zero-order valence-corrected chi connectivity index (χ0v) is 15.3. The van der Waals surface area contributed by atoms with Gasteiger partial charge in [0, 0.05) is 31.2 Å². The van der Waals surface area contributed by atoms with Crippen LogP contribution in [0.2, 0.25) is 0 Å². The first-order chi connectivity index (χ1) is 11.5. The van der Waals surface area contributed by atoms with Crippen LogP contribution in [-0.4, -0.2) is 36.6 Å². The van der Waals surface area contributed by atoms with Crippen molar-refractivity contribution in [3.63, 3.8) is 0 Å². The maximum atomic E-state index is 13.3. The van der Waals surface area contributed by atoms with Gasteiger partial charge in [-0.1, -0.05) is 44.2 Å². The highest BCUT2D eigenvalue weighted by Crippen LogP contribution is 2.39. The second kappa shape index (κ2) is 7.26. The number of amides is 1. The third kappa shape index (κ3) is 3.51. The summed E-state index contributed by atoms with van der Waals surface area (Å²) < 4.78 is 5.48. The molecular weight excluding hydrogens is 298 g/mol. The van der Waals surface area contributed by atoms with Crippen molar-refractivity contribution in [2.24, 2.45) is 17.3 Å². The summed E-state index contributed by atoms with van der Waals surface area (Å²) >= 11 is 0. The van der Waals surface area contributed by atoms with Crippen molar-refractivity contribution in [1.29, 1.82) is 0 Å². The van der Waals surface area contributed by atoms with Gasteiger partial charge in [0.15, 0.2) is 0 Å². The second-order valence-corrected chi connectivity index (χ2v) is 8.09. The summed E-state index contributed by atoms with van der Waals surface area (Å²) in [5.41, 5.74) is 1.10. The van der Waals surface area contributed by atoms with Crippen LogP contribution in [0, 0.1) is 17.3 Å². The van der Waals surface area contributed by atoms with Crippen molar-refractivity contribution < 1.29 is 9.53 Å². The van der Waals surface area contributed by atoms with Gasteiger partial charge in [0.2, 0.25) is 5.91 Å². The van der Waals surface area contributed by atoms with Crippen LogP contribution in [0.15, 0.2) is 30.3 Å². The van der Waals surface area contributed by atoms with Crippen molar-refractivity contribution in [3.8, 4) is 0 Å². The number of carbonyl (C=O) groups is 1. The van der Waals surface area contributed by atoms with E-state index >= 15 is 0 Å². The Balaban J connectivity index is 1.65. The van der Waals surface area contributed by atoms with Crippen LogP contribution in [0.1, 0.15) is 45.6 Å². The number of nitrogens with zero attached hydrogens (tertiary/aromatic N) is 1. The average molecular weight is 329 g/mol. The van der Waals surface area contributed by atoms with E-state index in [0.717, 1.165) is 45.4 Å². The van der Waals surface area contributed by atoms with Gasteiger partial charge in [0.1, 0.15) is 0 Å². The maximum absolute atomic E-state index is 13.3. The van der Waals surface area contributed by atoms with E-state index in [0.29, 0.717) is 23.8 Å². The van der Waals surface area contributed by atoms with E-state index in [1.165, 1.54) is 5.56 Å². The Morgan fingerprint density at radius 1 is 1.17 bits per heavy atom. The third-order valence-electron chi connectivity index (χ3n) is 6.31. The van der Waals surface area contributed by atoms with Crippen LogP contribution < -0.4 is 0 Å². The first-order valence-corrected chi connectivity index (χ1v) is 9.43. The number of hydrogen-bond donors (Lipinski definition) is 0. The quantitative estimate of drug-likeness (QED) is 0.838. The number of ether oxygens (including phenoxy) is 1.